The lowest BCUT2D eigenvalue weighted by molar-refractivity contribution is 0.184. The van der Waals surface area contributed by atoms with Crippen molar-refractivity contribution in [2.24, 2.45) is 5.92 Å². The van der Waals surface area contributed by atoms with Crippen LogP contribution in [-0.4, -0.2) is 37.7 Å². The van der Waals surface area contributed by atoms with E-state index >= 15 is 0 Å². The van der Waals surface area contributed by atoms with Crippen molar-refractivity contribution in [3.8, 4) is 0 Å². The van der Waals surface area contributed by atoms with Crippen molar-refractivity contribution >= 4 is 0 Å². The summed E-state index contributed by atoms with van der Waals surface area (Å²) in [5.74, 6) is 2.11. The average Bonchev–Trinajstić information content (AvgIpc) is 2.53. The minimum Gasteiger partial charge on any atom is -0.493 e. The molecular formula is C21H30N2O. The summed E-state index contributed by atoms with van der Waals surface area (Å²) in [6.45, 7) is 6.27. The van der Waals surface area contributed by atoms with E-state index in [0.717, 1.165) is 31.8 Å². The third-order valence-electron chi connectivity index (χ3n) is 5.00. The van der Waals surface area contributed by atoms with Crippen LogP contribution in [0.4, 0.5) is 0 Å². The normalized spacial score (nSPS) is 25.4. The average molecular weight is 326 g/mol. The number of rotatable bonds is 5. The molecule has 1 fully saturated rings. The Morgan fingerprint density at radius 1 is 1.17 bits per heavy atom. The van der Waals surface area contributed by atoms with E-state index in [1.807, 2.05) is 0 Å². The zero-order valence-corrected chi connectivity index (χ0v) is 15.4. The highest BCUT2D eigenvalue weighted by Gasteiger charge is 2.39. The predicted molar refractivity (Wildman–Crippen MR) is 99.8 cm³/mol. The summed E-state index contributed by atoms with van der Waals surface area (Å²) in [5, 5.41) is 3.75. The Hall–Kier alpha value is -1.74. The molecule has 3 nitrogen and oxygen atoms in total. The molecule has 0 radical (unpaired) electrons. The van der Waals surface area contributed by atoms with E-state index in [9.17, 15) is 0 Å². The summed E-state index contributed by atoms with van der Waals surface area (Å²) in [4.78, 5) is 2.15. The first-order chi connectivity index (χ1) is 11.4. The second-order valence-corrected chi connectivity index (χ2v) is 7.93. The minimum absolute atomic E-state index is 0.106. The summed E-state index contributed by atoms with van der Waals surface area (Å²) in [6, 6.07) is 11.0. The first-order valence-electron chi connectivity index (χ1n) is 8.97. The van der Waals surface area contributed by atoms with E-state index in [0.29, 0.717) is 11.8 Å². The number of hydrogen-bond donors (Lipinski definition) is 1. The Morgan fingerprint density at radius 2 is 1.92 bits per heavy atom. The van der Waals surface area contributed by atoms with Crippen molar-refractivity contribution in [1.82, 2.24) is 10.2 Å². The molecule has 0 spiro atoms. The number of nitrogens with one attached hydrogen (secondary N) is 1. The van der Waals surface area contributed by atoms with Crippen LogP contribution in [0.3, 0.4) is 0 Å². The number of piperidine rings is 1. The molecule has 3 rings (SSSR count). The van der Waals surface area contributed by atoms with Gasteiger partial charge in [-0.15, -0.1) is 0 Å². The number of likely N-dealkylation sites (N-methyl/N-ethyl adjacent to an activating group) is 1. The Labute approximate surface area is 146 Å². The van der Waals surface area contributed by atoms with Crippen LogP contribution in [0.2, 0.25) is 0 Å². The Bertz CT molecular complexity index is 616. The SMILES string of the molecule is CN(C)CCOC1=CCC2C(=C1)NC(C)(C)CC2c1ccccc1. The van der Waals surface area contributed by atoms with Crippen molar-refractivity contribution in [2.45, 2.75) is 38.1 Å². The van der Waals surface area contributed by atoms with E-state index in [2.05, 4.69) is 80.6 Å². The zero-order chi connectivity index (χ0) is 17.2. The lowest BCUT2D eigenvalue weighted by Crippen LogP contribution is -2.48. The first kappa shape index (κ1) is 17.1. The fraction of sp³-hybridized carbons (Fsp3) is 0.524. The van der Waals surface area contributed by atoms with Crippen LogP contribution in [0.25, 0.3) is 0 Å². The molecule has 2 atom stereocenters. The number of fused-ring (bicyclic) bond motifs is 1. The lowest BCUT2D eigenvalue weighted by Gasteiger charge is -2.45. The molecule has 1 aromatic carbocycles. The van der Waals surface area contributed by atoms with Crippen molar-refractivity contribution in [2.75, 3.05) is 27.2 Å². The third kappa shape index (κ3) is 4.02. The standard InChI is InChI=1S/C21H30N2O/c1-21(2)15-19(16-8-6-5-7-9-16)18-11-10-17(14-20(18)22-21)24-13-12-23(3)4/h5-10,14,18-19,22H,11-13,15H2,1-4H3. The summed E-state index contributed by atoms with van der Waals surface area (Å²) < 4.78 is 5.95. The molecule has 1 heterocycles. The Morgan fingerprint density at radius 3 is 2.62 bits per heavy atom. The molecular weight excluding hydrogens is 296 g/mol. The smallest absolute Gasteiger partial charge is 0.117 e. The second-order valence-electron chi connectivity index (χ2n) is 7.93. The van der Waals surface area contributed by atoms with Gasteiger partial charge in [0.15, 0.2) is 0 Å². The highest BCUT2D eigenvalue weighted by molar-refractivity contribution is 5.34. The number of hydrogen-bond acceptors (Lipinski definition) is 3. The van der Waals surface area contributed by atoms with E-state index in [-0.39, 0.29) is 5.54 Å². The Balaban J connectivity index is 1.77. The molecule has 1 aromatic rings. The first-order valence-corrected chi connectivity index (χ1v) is 8.97. The molecule has 130 valence electrons. The van der Waals surface area contributed by atoms with Gasteiger partial charge in [0.25, 0.3) is 0 Å². The number of ether oxygens (including phenoxy) is 1. The maximum Gasteiger partial charge on any atom is 0.117 e. The van der Waals surface area contributed by atoms with Gasteiger partial charge >= 0.3 is 0 Å². The van der Waals surface area contributed by atoms with Crippen LogP contribution in [0.5, 0.6) is 0 Å². The molecule has 1 saturated heterocycles. The molecule has 2 aliphatic rings. The summed E-state index contributed by atoms with van der Waals surface area (Å²) >= 11 is 0. The zero-order valence-electron chi connectivity index (χ0n) is 15.4. The molecule has 1 aliphatic heterocycles. The summed E-state index contributed by atoms with van der Waals surface area (Å²) in [5.41, 5.74) is 2.89. The molecule has 0 amide bonds. The molecule has 24 heavy (non-hydrogen) atoms. The van der Waals surface area contributed by atoms with Crippen LogP contribution in [-0.2, 0) is 4.74 Å². The van der Waals surface area contributed by atoms with Crippen molar-refractivity contribution in [3.05, 3.63) is 59.5 Å². The molecule has 0 bridgehead atoms. The third-order valence-corrected chi connectivity index (χ3v) is 5.00. The van der Waals surface area contributed by atoms with E-state index in [4.69, 9.17) is 4.74 Å². The van der Waals surface area contributed by atoms with Crippen LogP contribution >= 0.6 is 0 Å². The quantitative estimate of drug-likeness (QED) is 0.888. The minimum atomic E-state index is 0.106. The van der Waals surface area contributed by atoms with Gasteiger partial charge < -0.3 is 15.0 Å². The van der Waals surface area contributed by atoms with Crippen LogP contribution in [0, 0.1) is 5.92 Å². The monoisotopic (exact) mass is 326 g/mol. The van der Waals surface area contributed by atoms with Gasteiger partial charge in [-0.1, -0.05) is 30.3 Å². The fourth-order valence-electron chi connectivity index (χ4n) is 3.83. The highest BCUT2D eigenvalue weighted by Crippen LogP contribution is 2.44. The molecule has 1 aliphatic carbocycles. The maximum absolute atomic E-state index is 5.95. The lowest BCUT2D eigenvalue weighted by atomic mass is 9.70. The van der Waals surface area contributed by atoms with E-state index < -0.39 is 0 Å². The van der Waals surface area contributed by atoms with Gasteiger partial charge in [0.2, 0.25) is 0 Å². The maximum atomic E-state index is 5.95. The highest BCUT2D eigenvalue weighted by atomic mass is 16.5. The number of nitrogens with zero attached hydrogens (tertiary/aromatic N) is 1. The summed E-state index contributed by atoms with van der Waals surface area (Å²) in [6.07, 6.45) is 6.69. The number of allylic oxidation sites excluding steroid dienone is 3. The van der Waals surface area contributed by atoms with Gasteiger partial charge in [-0.3, -0.25) is 0 Å². The molecule has 1 N–H and O–H groups in total. The fourth-order valence-corrected chi connectivity index (χ4v) is 3.83. The topological polar surface area (TPSA) is 24.5 Å². The van der Waals surface area contributed by atoms with Crippen LogP contribution < -0.4 is 5.32 Å². The van der Waals surface area contributed by atoms with Gasteiger partial charge in [0, 0.05) is 23.7 Å². The van der Waals surface area contributed by atoms with Gasteiger partial charge in [0.1, 0.15) is 12.4 Å². The number of benzene rings is 1. The second kappa shape index (κ2) is 7.02. The largest absolute Gasteiger partial charge is 0.493 e. The van der Waals surface area contributed by atoms with Crippen molar-refractivity contribution < 1.29 is 4.74 Å². The van der Waals surface area contributed by atoms with E-state index in [1.165, 1.54) is 11.3 Å². The summed E-state index contributed by atoms with van der Waals surface area (Å²) in [7, 11) is 4.14. The molecule has 0 aromatic heterocycles. The molecule has 2 unspecified atom stereocenters. The predicted octanol–water partition coefficient (Wildman–Crippen LogP) is 3.91. The van der Waals surface area contributed by atoms with Crippen molar-refractivity contribution in [3.63, 3.8) is 0 Å². The van der Waals surface area contributed by atoms with Gasteiger partial charge in [0.05, 0.1) is 0 Å². The Kier molecular flexibility index (Phi) is 5.00. The van der Waals surface area contributed by atoms with Gasteiger partial charge in [-0.05, 0) is 64.4 Å². The molecule has 3 heteroatoms. The van der Waals surface area contributed by atoms with Gasteiger partial charge in [-0.2, -0.15) is 0 Å². The van der Waals surface area contributed by atoms with Gasteiger partial charge in [-0.25, -0.2) is 0 Å². The van der Waals surface area contributed by atoms with E-state index in [1.54, 1.807) is 0 Å². The van der Waals surface area contributed by atoms with Crippen LogP contribution in [0.15, 0.2) is 53.9 Å². The van der Waals surface area contributed by atoms with Crippen LogP contribution in [0.1, 0.15) is 38.2 Å². The van der Waals surface area contributed by atoms with Crippen molar-refractivity contribution in [1.29, 1.82) is 0 Å². The molecule has 0 saturated carbocycles.